The summed E-state index contributed by atoms with van der Waals surface area (Å²) in [6, 6.07) is 20.8. The van der Waals surface area contributed by atoms with Gasteiger partial charge < -0.3 is 19.5 Å². The molecule has 5 nitrogen and oxygen atoms in total. The molecular formula is C28H41NO4Si. The molecule has 0 aromatic heterocycles. The van der Waals surface area contributed by atoms with Gasteiger partial charge in [0.1, 0.15) is 0 Å². The van der Waals surface area contributed by atoms with E-state index in [1.165, 1.54) is 10.4 Å². The SMILES string of the molecule is CC(C)(C)N(C(=O)O)C1CCC(O)(CO[Si](c2ccccc2)(c2ccccc2)C(C)(C)C)CC1. The van der Waals surface area contributed by atoms with Gasteiger partial charge in [0.2, 0.25) is 0 Å². The lowest BCUT2D eigenvalue weighted by Gasteiger charge is -2.47. The van der Waals surface area contributed by atoms with Crippen LogP contribution in [0.4, 0.5) is 4.79 Å². The second-order valence-corrected chi connectivity index (χ2v) is 16.0. The van der Waals surface area contributed by atoms with E-state index in [-0.39, 0.29) is 17.7 Å². The van der Waals surface area contributed by atoms with E-state index in [0.717, 1.165) is 0 Å². The van der Waals surface area contributed by atoms with E-state index in [1.54, 1.807) is 4.90 Å². The van der Waals surface area contributed by atoms with Crippen LogP contribution in [0.5, 0.6) is 0 Å². The van der Waals surface area contributed by atoms with Crippen molar-refractivity contribution in [2.75, 3.05) is 6.61 Å². The molecule has 6 heteroatoms. The van der Waals surface area contributed by atoms with Crippen molar-refractivity contribution < 1.29 is 19.4 Å². The molecule has 2 N–H and O–H groups in total. The highest BCUT2D eigenvalue weighted by Crippen LogP contribution is 2.39. The molecule has 34 heavy (non-hydrogen) atoms. The van der Waals surface area contributed by atoms with Gasteiger partial charge in [0.15, 0.2) is 0 Å². The maximum Gasteiger partial charge on any atom is 0.407 e. The molecule has 1 amide bonds. The molecule has 0 aliphatic heterocycles. The summed E-state index contributed by atoms with van der Waals surface area (Å²) in [6.07, 6.45) is 1.41. The fourth-order valence-electron chi connectivity index (χ4n) is 5.54. The van der Waals surface area contributed by atoms with E-state index in [0.29, 0.717) is 25.7 Å². The third kappa shape index (κ3) is 5.40. The molecule has 2 aromatic rings. The van der Waals surface area contributed by atoms with Gasteiger partial charge in [0.25, 0.3) is 8.32 Å². The fourth-order valence-corrected chi connectivity index (χ4v) is 10.2. The summed E-state index contributed by atoms with van der Waals surface area (Å²) in [5.74, 6) is 0. The topological polar surface area (TPSA) is 70.0 Å². The summed E-state index contributed by atoms with van der Waals surface area (Å²) in [6.45, 7) is 12.7. The lowest BCUT2D eigenvalue weighted by Crippen LogP contribution is -2.67. The summed E-state index contributed by atoms with van der Waals surface area (Å²) >= 11 is 0. The monoisotopic (exact) mass is 483 g/mol. The van der Waals surface area contributed by atoms with Crippen LogP contribution in [0.2, 0.25) is 5.04 Å². The zero-order valence-electron chi connectivity index (χ0n) is 21.5. The quantitative estimate of drug-likeness (QED) is 0.567. The second kappa shape index (κ2) is 9.84. The molecule has 0 heterocycles. The fraction of sp³-hybridized carbons (Fsp3) is 0.536. The molecule has 186 valence electrons. The first-order chi connectivity index (χ1) is 15.8. The minimum atomic E-state index is -2.73. The predicted octanol–water partition coefficient (Wildman–Crippen LogP) is 5.02. The van der Waals surface area contributed by atoms with Crippen LogP contribution in [0, 0.1) is 0 Å². The normalized spacial score (nSPS) is 21.8. The first-order valence-corrected chi connectivity index (χ1v) is 14.2. The van der Waals surface area contributed by atoms with Crippen molar-refractivity contribution >= 4 is 24.8 Å². The Kier molecular flexibility index (Phi) is 7.65. The molecule has 0 unspecified atom stereocenters. The van der Waals surface area contributed by atoms with Gasteiger partial charge >= 0.3 is 6.09 Å². The van der Waals surface area contributed by atoms with Gasteiger partial charge in [0, 0.05) is 11.6 Å². The smallest absolute Gasteiger partial charge is 0.407 e. The van der Waals surface area contributed by atoms with Gasteiger partial charge in [-0.25, -0.2) is 4.79 Å². The van der Waals surface area contributed by atoms with Crippen LogP contribution in [0.15, 0.2) is 60.7 Å². The number of hydrogen-bond donors (Lipinski definition) is 2. The van der Waals surface area contributed by atoms with E-state index in [9.17, 15) is 15.0 Å². The summed E-state index contributed by atoms with van der Waals surface area (Å²) in [7, 11) is -2.73. The van der Waals surface area contributed by atoms with Crippen LogP contribution >= 0.6 is 0 Å². The molecule has 3 rings (SSSR count). The van der Waals surface area contributed by atoms with Crippen LogP contribution in [0.1, 0.15) is 67.2 Å². The van der Waals surface area contributed by atoms with Gasteiger partial charge in [-0.05, 0) is 61.9 Å². The van der Waals surface area contributed by atoms with Crippen molar-refractivity contribution in [1.29, 1.82) is 0 Å². The first kappa shape index (κ1) is 26.5. The Morgan fingerprint density at radius 3 is 1.74 bits per heavy atom. The molecule has 0 saturated heterocycles. The van der Waals surface area contributed by atoms with Gasteiger partial charge in [-0.1, -0.05) is 81.4 Å². The Bertz CT molecular complexity index is 902. The van der Waals surface area contributed by atoms with Crippen molar-refractivity contribution in [1.82, 2.24) is 4.90 Å². The summed E-state index contributed by atoms with van der Waals surface area (Å²) in [4.78, 5) is 13.5. The van der Waals surface area contributed by atoms with Gasteiger partial charge in [-0.15, -0.1) is 0 Å². The number of aliphatic hydroxyl groups is 1. The van der Waals surface area contributed by atoms with Crippen molar-refractivity contribution in [3.8, 4) is 0 Å². The highest BCUT2D eigenvalue weighted by molar-refractivity contribution is 6.99. The minimum Gasteiger partial charge on any atom is -0.465 e. The van der Waals surface area contributed by atoms with E-state index >= 15 is 0 Å². The number of benzene rings is 2. The molecule has 0 atom stereocenters. The Morgan fingerprint density at radius 2 is 1.38 bits per heavy atom. The van der Waals surface area contributed by atoms with E-state index < -0.39 is 25.6 Å². The second-order valence-electron chi connectivity index (χ2n) is 11.7. The van der Waals surface area contributed by atoms with Gasteiger partial charge in [-0.3, -0.25) is 0 Å². The summed E-state index contributed by atoms with van der Waals surface area (Å²) < 4.78 is 6.98. The molecular weight excluding hydrogens is 442 g/mol. The number of hydrogen-bond acceptors (Lipinski definition) is 3. The standard InChI is InChI=1S/C28H41NO4Si/c1-26(2,3)29(25(30)31)22-17-19-28(32,20-18-22)21-33-34(27(4,5)6,23-13-9-7-10-14-23)24-15-11-8-12-16-24/h7-16,22,32H,17-21H2,1-6H3,(H,30,31). The Morgan fingerprint density at radius 1 is 0.941 bits per heavy atom. The van der Waals surface area contributed by atoms with Gasteiger partial charge in [-0.2, -0.15) is 0 Å². The van der Waals surface area contributed by atoms with Crippen LogP contribution in [-0.2, 0) is 4.43 Å². The first-order valence-electron chi connectivity index (χ1n) is 12.3. The van der Waals surface area contributed by atoms with Crippen molar-refractivity contribution in [2.24, 2.45) is 0 Å². The maximum absolute atomic E-state index is 11.9. The van der Waals surface area contributed by atoms with Crippen molar-refractivity contribution in [3.63, 3.8) is 0 Å². The average Bonchev–Trinajstić information content (AvgIpc) is 2.75. The minimum absolute atomic E-state index is 0.0920. The summed E-state index contributed by atoms with van der Waals surface area (Å²) in [5.41, 5.74) is -1.44. The Balaban J connectivity index is 1.88. The lowest BCUT2D eigenvalue weighted by molar-refractivity contribution is -0.0588. The lowest BCUT2D eigenvalue weighted by atomic mass is 9.81. The molecule has 0 radical (unpaired) electrons. The molecule has 0 bridgehead atoms. The number of rotatable bonds is 6. The molecule has 1 aliphatic rings. The molecule has 1 aliphatic carbocycles. The molecule has 0 spiro atoms. The molecule has 2 aromatic carbocycles. The molecule has 1 fully saturated rings. The summed E-state index contributed by atoms with van der Waals surface area (Å²) in [5, 5.41) is 23.6. The average molecular weight is 484 g/mol. The molecule has 1 saturated carbocycles. The van der Waals surface area contributed by atoms with Crippen LogP contribution in [0.3, 0.4) is 0 Å². The number of nitrogens with zero attached hydrogens (tertiary/aromatic N) is 1. The van der Waals surface area contributed by atoms with Crippen molar-refractivity contribution in [2.45, 2.75) is 89.4 Å². The number of amides is 1. The highest BCUT2D eigenvalue weighted by Gasteiger charge is 2.51. The largest absolute Gasteiger partial charge is 0.465 e. The van der Waals surface area contributed by atoms with E-state index in [1.807, 2.05) is 32.9 Å². The van der Waals surface area contributed by atoms with E-state index in [2.05, 4.69) is 69.3 Å². The zero-order chi connectivity index (χ0) is 25.2. The number of carbonyl (C=O) groups is 1. The van der Waals surface area contributed by atoms with E-state index in [4.69, 9.17) is 4.43 Å². The third-order valence-corrected chi connectivity index (χ3v) is 12.1. The number of carboxylic acid groups (broad SMARTS) is 1. The highest BCUT2D eigenvalue weighted by atomic mass is 28.4. The zero-order valence-corrected chi connectivity index (χ0v) is 22.5. The Labute approximate surface area is 205 Å². The van der Waals surface area contributed by atoms with Crippen molar-refractivity contribution in [3.05, 3.63) is 60.7 Å². The van der Waals surface area contributed by atoms with Gasteiger partial charge in [0.05, 0.1) is 12.2 Å². The van der Waals surface area contributed by atoms with Crippen LogP contribution in [0.25, 0.3) is 0 Å². The third-order valence-electron chi connectivity index (χ3n) is 7.15. The van der Waals surface area contributed by atoms with Crippen LogP contribution < -0.4 is 10.4 Å². The Hall–Kier alpha value is -2.15. The maximum atomic E-state index is 11.9. The van der Waals surface area contributed by atoms with Crippen LogP contribution in [-0.4, -0.2) is 53.3 Å². The predicted molar refractivity (Wildman–Crippen MR) is 140 cm³/mol.